The standard InChI is InChI=1S/C32H28FN3O5/c1-18-14-21(33)8-11-23(18)29-19(2)36(3)17-24(31(29)38)26(37)15-20-6-9-22(10-7-20)41-27-12-13-34-25-16-28(39-4)32(40-5)35-30(25)27/h6-14,16-17H,15H2,1-5H3. The van der Waals surface area contributed by atoms with Crippen LogP contribution in [0.4, 0.5) is 4.39 Å². The maximum Gasteiger partial charge on any atom is 0.257 e. The molecule has 0 aliphatic heterocycles. The molecule has 41 heavy (non-hydrogen) atoms. The van der Waals surface area contributed by atoms with E-state index in [1.54, 1.807) is 80.3 Å². The number of hydrogen-bond acceptors (Lipinski definition) is 7. The molecule has 3 aromatic heterocycles. The second-order valence-electron chi connectivity index (χ2n) is 9.63. The van der Waals surface area contributed by atoms with Gasteiger partial charge in [0.2, 0.25) is 0 Å². The Morgan fingerprint density at radius 2 is 1.73 bits per heavy atom. The van der Waals surface area contributed by atoms with Gasteiger partial charge in [0.05, 0.1) is 25.3 Å². The molecule has 8 nitrogen and oxygen atoms in total. The van der Waals surface area contributed by atoms with Crippen molar-refractivity contribution in [1.82, 2.24) is 14.5 Å². The predicted molar refractivity (Wildman–Crippen MR) is 154 cm³/mol. The second kappa shape index (κ2) is 11.2. The van der Waals surface area contributed by atoms with Crippen LogP contribution in [0.3, 0.4) is 0 Å². The van der Waals surface area contributed by atoms with Crippen LogP contribution in [-0.4, -0.2) is 34.5 Å². The van der Waals surface area contributed by atoms with E-state index >= 15 is 0 Å². The molecule has 0 unspecified atom stereocenters. The molecule has 208 valence electrons. The Morgan fingerprint density at radius 1 is 0.976 bits per heavy atom. The highest BCUT2D eigenvalue weighted by Crippen LogP contribution is 2.34. The smallest absolute Gasteiger partial charge is 0.257 e. The molecule has 0 aliphatic rings. The fourth-order valence-electron chi connectivity index (χ4n) is 4.72. The molecule has 0 amide bonds. The molecule has 9 heteroatoms. The number of aromatic nitrogens is 3. The highest BCUT2D eigenvalue weighted by molar-refractivity contribution is 5.98. The minimum Gasteiger partial charge on any atom is -0.491 e. The van der Waals surface area contributed by atoms with Crippen molar-refractivity contribution in [3.8, 4) is 34.3 Å². The van der Waals surface area contributed by atoms with Crippen LogP contribution < -0.4 is 19.6 Å². The average Bonchev–Trinajstić information content (AvgIpc) is 2.96. The molecule has 0 atom stereocenters. The van der Waals surface area contributed by atoms with Gasteiger partial charge in [-0.1, -0.05) is 18.2 Å². The van der Waals surface area contributed by atoms with Gasteiger partial charge in [-0.2, -0.15) is 0 Å². The lowest BCUT2D eigenvalue weighted by Gasteiger charge is -2.15. The van der Waals surface area contributed by atoms with Crippen molar-refractivity contribution in [3.05, 3.63) is 105 Å². The number of nitrogens with zero attached hydrogens (tertiary/aromatic N) is 3. The van der Waals surface area contributed by atoms with E-state index in [9.17, 15) is 14.0 Å². The fourth-order valence-corrected chi connectivity index (χ4v) is 4.72. The van der Waals surface area contributed by atoms with Crippen molar-refractivity contribution in [2.75, 3.05) is 14.2 Å². The van der Waals surface area contributed by atoms with Crippen LogP contribution in [0, 0.1) is 19.7 Å². The number of carbonyl (C=O) groups excluding carboxylic acids is 1. The highest BCUT2D eigenvalue weighted by atomic mass is 19.1. The first-order valence-corrected chi connectivity index (χ1v) is 12.8. The van der Waals surface area contributed by atoms with Crippen LogP contribution in [0.15, 0.2) is 71.8 Å². The minimum absolute atomic E-state index is 0.0250. The molecule has 2 aromatic carbocycles. The zero-order valence-corrected chi connectivity index (χ0v) is 23.3. The van der Waals surface area contributed by atoms with E-state index < -0.39 is 0 Å². The first kappa shape index (κ1) is 27.5. The zero-order chi connectivity index (χ0) is 29.3. The molecule has 0 saturated heterocycles. The van der Waals surface area contributed by atoms with Crippen molar-refractivity contribution in [3.63, 3.8) is 0 Å². The van der Waals surface area contributed by atoms with Crippen molar-refractivity contribution >= 4 is 16.8 Å². The second-order valence-corrected chi connectivity index (χ2v) is 9.63. The van der Waals surface area contributed by atoms with Gasteiger partial charge in [-0.3, -0.25) is 14.6 Å². The van der Waals surface area contributed by atoms with E-state index in [4.69, 9.17) is 14.2 Å². The molecular formula is C32H28FN3O5. The first-order valence-electron chi connectivity index (χ1n) is 12.8. The summed E-state index contributed by atoms with van der Waals surface area (Å²) >= 11 is 0. The lowest BCUT2D eigenvalue weighted by atomic mass is 9.95. The largest absolute Gasteiger partial charge is 0.491 e. The van der Waals surface area contributed by atoms with E-state index in [1.165, 1.54) is 26.4 Å². The predicted octanol–water partition coefficient (Wildman–Crippen LogP) is 5.99. The molecule has 3 heterocycles. The van der Waals surface area contributed by atoms with Crippen LogP contribution in [0.2, 0.25) is 0 Å². The third kappa shape index (κ3) is 5.38. The van der Waals surface area contributed by atoms with Gasteiger partial charge in [0, 0.05) is 49.3 Å². The minimum atomic E-state index is -0.381. The SMILES string of the molecule is COc1cc2nccc(Oc3ccc(CC(=O)c4cn(C)c(C)c(-c5ccc(F)cc5C)c4=O)cc3)c2nc1OC. The number of ether oxygens (including phenoxy) is 3. The summed E-state index contributed by atoms with van der Waals surface area (Å²) in [6, 6.07) is 14.7. The van der Waals surface area contributed by atoms with Crippen LogP contribution in [-0.2, 0) is 13.5 Å². The third-order valence-corrected chi connectivity index (χ3v) is 6.98. The molecule has 0 bridgehead atoms. The van der Waals surface area contributed by atoms with E-state index in [2.05, 4.69) is 9.97 Å². The molecular weight excluding hydrogens is 525 g/mol. The number of Topliss-reactive ketones (excluding diaryl/α,β-unsaturated/α-hetero) is 1. The Labute approximate surface area is 236 Å². The van der Waals surface area contributed by atoms with Crippen molar-refractivity contribution < 1.29 is 23.4 Å². The van der Waals surface area contributed by atoms with Crippen molar-refractivity contribution in [2.45, 2.75) is 20.3 Å². The molecule has 0 fully saturated rings. The number of halogens is 1. The van der Waals surface area contributed by atoms with E-state index in [0.29, 0.717) is 62.1 Å². The van der Waals surface area contributed by atoms with Crippen molar-refractivity contribution in [2.24, 2.45) is 7.05 Å². The Balaban J connectivity index is 1.39. The first-order chi connectivity index (χ1) is 19.7. The molecule has 5 rings (SSSR count). The number of ketones is 1. The summed E-state index contributed by atoms with van der Waals surface area (Å²) < 4.78 is 32.2. The number of hydrogen-bond donors (Lipinski definition) is 0. The normalized spacial score (nSPS) is 11.0. The maximum absolute atomic E-state index is 13.7. The Bertz CT molecular complexity index is 1850. The molecule has 0 aliphatic carbocycles. The molecule has 0 N–H and O–H groups in total. The van der Waals surface area contributed by atoms with Gasteiger partial charge in [0.1, 0.15) is 17.1 Å². The molecule has 0 saturated carbocycles. The van der Waals surface area contributed by atoms with Crippen LogP contribution >= 0.6 is 0 Å². The molecule has 5 aromatic rings. The Kier molecular flexibility index (Phi) is 7.52. The topological polar surface area (TPSA) is 92.5 Å². The van der Waals surface area contributed by atoms with Crippen molar-refractivity contribution in [1.29, 1.82) is 0 Å². The fraction of sp³-hybridized carbons (Fsp3) is 0.188. The summed E-state index contributed by atoms with van der Waals surface area (Å²) in [6.07, 6.45) is 3.20. The number of methoxy groups -OCH3 is 2. The van der Waals surface area contributed by atoms with E-state index in [-0.39, 0.29) is 29.0 Å². The third-order valence-electron chi connectivity index (χ3n) is 6.98. The lowest BCUT2D eigenvalue weighted by molar-refractivity contribution is 0.0991. The van der Waals surface area contributed by atoms with Gasteiger partial charge in [0.25, 0.3) is 5.88 Å². The van der Waals surface area contributed by atoms with Gasteiger partial charge < -0.3 is 18.8 Å². The summed E-state index contributed by atoms with van der Waals surface area (Å²) in [5.74, 6) is 1.09. The van der Waals surface area contributed by atoms with Gasteiger partial charge in [-0.15, -0.1) is 0 Å². The van der Waals surface area contributed by atoms with E-state index in [0.717, 1.165) is 0 Å². The lowest BCUT2D eigenvalue weighted by Crippen LogP contribution is -2.23. The number of benzene rings is 2. The number of aryl methyl sites for hydroxylation is 2. The van der Waals surface area contributed by atoms with Crippen LogP contribution in [0.25, 0.3) is 22.2 Å². The zero-order valence-electron chi connectivity index (χ0n) is 23.3. The maximum atomic E-state index is 13.7. The van der Waals surface area contributed by atoms with Gasteiger partial charge in [-0.25, -0.2) is 9.37 Å². The van der Waals surface area contributed by atoms with Gasteiger partial charge in [0.15, 0.2) is 22.7 Å². The van der Waals surface area contributed by atoms with E-state index in [1.807, 2.05) is 0 Å². The molecule has 0 spiro atoms. The highest BCUT2D eigenvalue weighted by Gasteiger charge is 2.20. The number of pyridine rings is 3. The summed E-state index contributed by atoms with van der Waals surface area (Å²) in [6.45, 7) is 3.55. The van der Waals surface area contributed by atoms with Crippen LogP contribution in [0.5, 0.6) is 23.1 Å². The summed E-state index contributed by atoms with van der Waals surface area (Å²) in [5.41, 5.74) is 3.83. The Hall–Kier alpha value is -5.05. The Morgan fingerprint density at radius 3 is 2.41 bits per heavy atom. The summed E-state index contributed by atoms with van der Waals surface area (Å²) in [5, 5.41) is 0. The number of rotatable bonds is 8. The van der Waals surface area contributed by atoms with Gasteiger partial charge >= 0.3 is 0 Å². The number of carbonyl (C=O) groups is 1. The van der Waals surface area contributed by atoms with Crippen LogP contribution in [0.1, 0.15) is 27.2 Å². The van der Waals surface area contributed by atoms with Gasteiger partial charge in [-0.05, 0) is 54.8 Å². The quantitative estimate of drug-likeness (QED) is 0.218. The summed E-state index contributed by atoms with van der Waals surface area (Å²) in [4.78, 5) is 35.6. The molecule has 0 radical (unpaired) electrons. The monoisotopic (exact) mass is 553 g/mol. The number of fused-ring (bicyclic) bond motifs is 1. The summed E-state index contributed by atoms with van der Waals surface area (Å²) in [7, 11) is 4.81. The average molecular weight is 554 g/mol.